The molecule has 0 heterocycles. The van der Waals surface area contributed by atoms with Crippen LogP contribution in [0.2, 0.25) is 0 Å². The molecule has 2 unspecified atom stereocenters. The van der Waals surface area contributed by atoms with E-state index >= 15 is 0 Å². The van der Waals surface area contributed by atoms with Gasteiger partial charge in [-0.05, 0) is 47.9 Å². The van der Waals surface area contributed by atoms with E-state index in [1.54, 1.807) is 0 Å². The summed E-state index contributed by atoms with van der Waals surface area (Å²) < 4.78 is 0. The van der Waals surface area contributed by atoms with Crippen molar-refractivity contribution in [3.05, 3.63) is 70.8 Å². The quantitative estimate of drug-likeness (QED) is 0.117. The zero-order chi connectivity index (χ0) is 25.8. The fourth-order valence-electron chi connectivity index (χ4n) is 5.05. The average Bonchev–Trinajstić information content (AvgIpc) is 2.91. The molecule has 0 nitrogen and oxygen atoms in total. The van der Waals surface area contributed by atoms with Gasteiger partial charge in [-0.3, -0.25) is 0 Å². The molecule has 0 saturated heterocycles. The molecular formula is C34H54S2. The van der Waals surface area contributed by atoms with Crippen LogP contribution in [0.1, 0.15) is 149 Å². The second kappa shape index (κ2) is 20.1. The second-order valence-electron chi connectivity index (χ2n) is 10.8. The number of unbranched alkanes of at least 4 members (excludes halogenated alkanes) is 14. The number of aryl methyl sites for hydroxylation is 2. The Hall–Kier alpha value is -0.860. The van der Waals surface area contributed by atoms with E-state index in [1.807, 2.05) is 0 Å². The molecule has 0 amide bonds. The summed E-state index contributed by atoms with van der Waals surface area (Å²) in [4.78, 5) is 0. The van der Waals surface area contributed by atoms with E-state index in [-0.39, 0.29) is 10.5 Å². The van der Waals surface area contributed by atoms with Crippen LogP contribution in [0.25, 0.3) is 0 Å². The standard InChI is InChI=1S/C34H54S2/c1-3-5-7-9-11-13-15-17-19-29-21-25-31(26-22-29)33(35)34(36)32-27-23-30(24-28-32)20-18-16-14-12-10-8-6-4-2/h21-28,33-36H,3-20H2,1-2H3. The van der Waals surface area contributed by atoms with E-state index in [2.05, 4.69) is 62.4 Å². The predicted octanol–water partition coefficient (Wildman–Crippen LogP) is 11.7. The third-order valence-corrected chi connectivity index (χ3v) is 9.01. The zero-order valence-corrected chi connectivity index (χ0v) is 25.2. The van der Waals surface area contributed by atoms with E-state index < -0.39 is 0 Å². The highest BCUT2D eigenvalue weighted by atomic mass is 32.1. The molecule has 0 radical (unpaired) electrons. The minimum Gasteiger partial charge on any atom is -0.170 e. The maximum atomic E-state index is 4.95. The van der Waals surface area contributed by atoms with E-state index in [0.29, 0.717) is 0 Å². The molecule has 0 fully saturated rings. The number of hydrogen-bond acceptors (Lipinski definition) is 2. The highest BCUT2D eigenvalue weighted by Crippen LogP contribution is 2.39. The largest absolute Gasteiger partial charge is 0.170 e. The van der Waals surface area contributed by atoms with E-state index in [4.69, 9.17) is 25.3 Å². The van der Waals surface area contributed by atoms with Crippen LogP contribution >= 0.6 is 25.3 Å². The van der Waals surface area contributed by atoms with Gasteiger partial charge in [-0.25, -0.2) is 0 Å². The van der Waals surface area contributed by atoms with Crippen molar-refractivity contribution in [3.8, 4) is 0 Å². The van der Waals surface area contributed by atoms with Crippen molar-refractivity contribution in [1.29, 1.82) is 0 Å². The van der Waals surface area contributed by atoms with Crippen molar-refractivity contribution in [1.82, 2.24) is 0 Å². The van der Waals surface area contributed by atoms with Crippen molar-refractivity contribution < 1.29 is 0 Å². The smallest absolute Gasteiger partial charge is 0.0424 e. The van der Waals surface area contributed by atoms with Crippen molar-refractivity contribution in [2.45, 2.75) is 140 Å². The molecule has 2 heteroatoms. The maximum Gasteiger partial charge on any atom is 0.0424 e. The Bertz CT molecular complexity index is 697. The number of thiol groups is 2. The molecular weight excluding hydrogens is 473 g/mol. The fraction of sp³-hybridized carbons (Fsp3) is 0.647. The lowest BCUT2D eigenvalue weighted by molar-refractivity contribution is 0.575. The molecule has 0 bridgehead atoms. The number of benzene rings is 2. The van der Waals surface area contributed by atoms with Crippen molar-refractivity contribution >= 4 is 25.3 Å². The molecule has 0 saturated carbocycles. The Morgan fingerprint density at radius 3 is 1.00 bits per heavy atom. The highest BCUT2D eigenvalue weighted by molar-refractivity contribution is 7.84. The van der Waals surface area contributed by atoms with Gasteiger partial charge in [-0.2, -0.15) is 25.3 Å². The van der Waals surface area contributed by atoms with E-state index in [1.165, 1.54) is 138 Å². The topological polar surface area (TPSA) is 0 Å². The second-order valence-corrected chi connectivity index (χ2v) is 11.9. The lowest BCUT2D eigenvalue weighted by atomic mass is 9.98. The lowest BCUT2D eigenvalue weighted by Gasteiger charge is -2.20. The highest BCUT2D eigenvalue weighted by Gasteiger charge is 2.18. The van der Waals surface area contributed by atoms with Gasteiger partial charge in [-0.15, -0.1) is 0 Å². The third-order valence-electron chi connectivity index (χ3n) is 7.58. The van der Waals surface area contributed by atoms with Crippen molar-refractivity contribution in [2.24, 2.45) is 0 Å². The SMILES string of the molecule is CCCCCCCCCCc1ccc(C(S)C(S)c2ccc(CCCCCCCCCC)cc2)cc1. The van der Waals surface area contributed by atoms with Crippen LogP contribution < -0.4 is 0 Å². The van der Waals surface area contributed by atoms with Crippen LogP contribution in [-0.4, -0.2) is 0 Å². The van der Waals surface area contributed by atoms with Crippen LogP contribution in [0.15, 0.2) is 48.5 Å². The average molecular weight is 527 g/mol. The van der Waals surface area contributed by atoms with Gasteiger partial charge in [0, 0.05) is 10.5 Å². The van der Waals surface area contributed by atoms with Gasteiger partial charge in [0.05, 0.1) is 0 Å². The first kappa shape index (κ1) is 31.4. The van der Waals surface area contributed by atoms with Crippen LogP contribution in [0.4, 0.5) is 0 Å². The first-order chi connectivity index (χ1) is 17.7. The first-order valence-corrected chi connectivity index (χ1v) is 16.2. The molecule has 36 heavy (non-hydrogen) atoms. The van der Waals surface area contributed by atoms with Gasteiger partial charge >= 0.3 is 0 Å². The molecule has 2 atom stereocenters. The van der Waals surface area contributed by atoms with Crippen LogP contribution in [0, 0.1) is 0 Å². The minimum absolute atomic E-state index is 0.101. The lowest BCUT2D eigenvalue weighted by Crippen LogP contribution is -2.01. The third kappa shape index (κ3) is 13.1. The fourth-order valence-corrected chi connectivity index (χ4v) is 5.74. The summed E-state index contributed by atoms with van der Waals surface area (Å²) in [5.74, 6) is 0. The number of hydrogen-bond donors (Lipinski definition) is 2. The molecule has 0 aliphatic rings. The van der Waals surface area contributed by atoms with Gasteiger partial charge < -0.3 is 0 Å². The van der Waals surface area contributed by atoms with E-state index in [0.717, 1.165) is 0 Å². The molecule has 2 aromatic carbocycles. The molecule has 0 aliphatic heterocycles. The molecule has 0 aromatic heterocycles. The summed E-state index contributed by atoms with van der Waals surface area (Å²) in [5.41, 5.74) is 5.43. The van der Waals surface area contributed by atoms with Crippen molar-refractivity contribution in [3.63, 3.8) is 0 Å². The van der Waals surface area contributed by atoms with E-state index in [9.17, 15) is 0 Å². The number of rotatable bonds is 21. The molecule has 0 N–H and O–H groups in total. The predicted molar refractivity (Wildman–Crippen MR) is 169 cm³/mol. The molecule has 202 valence electrons. The Kier molecular flexibility index (Phi) is 17.5. The summed E-state index contributed by atoms with van der Waals surface area (Å²) in [6.07, 6.45) is 24.4. The normalized spacial score (nSPS) is 13.1. The van der Waals surface area contributed by atoms with Crippen molar-refractivity contribution in [2.75, 3.05) is 0 Å². The van der Waals surface area contributed by atoms with Gasteiger partial charge in [0.25, 0.3) is 0 Å². The Labute approximate surface area is 235 Å². The molecule has 0 spiro atoms. The van der Waals surface area contributed by atoms with Crippen LogP contribution in [-0.2, 0) is 12.8 Å². The first-order valence-electron chi connectivity index (χ1n) is 15.2. The van der Waals surface area contributed by atoms with Gasteiger partial charge in [0.15, 0.2) is 0 Å². The van der Waals surface area contributed by atoms with Crippen LogP contribution in [0.3, 0.4) is 0 Å². The van der Waals surface area contributed by atoms with Gasteiger partial charge in [0.1, 0.15) is 0 Å². The summed E-state index contributed by atoms with van der Waals surface area (Å²) in [7, 11) is 0. The Morgan fingerprint density at radius 2 is 0.694 bits per heavy atom. The molecule has 2 aromatic rings. The van der Waals surface area contributed by atoms with Gasteiger partial charge in [0.2, 0.25) is 0 Å². The summed E-state index contributed by atoms with van der Waals surface area (Å²) in [6.45, 7) is 4.57. The summed E-state index contributed by atoms with van der Waals surface area (Å²) >= 11 is 9.91. The summed E-state index contributed by atoms with van der Waals surface area (Å²) in [6, 6.07) is 18.2. The van der Waals surface area contributed by atoms with Gasteiger partial charge in [-0.1, -0.05) is 152 Å². The Balaban J connectivity index is 1.67. The van der Waals surface area contributed by atoms with Crippen LogP contribution in [0.5, 0.6) is 0 Å². The minimum atomic E-state index is 0.101. The monoisotopic (exact) mass is 526 g/mol. The molecule has 2 rings (SSSR count). The summed E-state index contributed by atoms with van der Waals surface area (Å²) in [5, 5.41) is 0.202. The maximum absolute atomic E-state index is 4.95. The zero-order valence-electron chi connectivity index (χ0n) is 23.4. The molecule has 0 aliphatic carbocycles. The Morgan fingerprint density at radius 1 is 0.417 bits per heavy atom.